The maximum Gasteiger partial charge on any atom is 0.216 e. The second-order valence-electron chi connectivity index (χ2n) is 4.72. The van der Waals surface area contributed by atoms with E-state index in [9.17, 15) is 4.21 Å². The van der Waals surface area contributed by atoms with E-state index in [0.717, 1.165) is 12.0 Å². The third-order valence-electron chi connectivity index (χ3n) is 3.11. The van der Waals surface area contributed by atoms with Gasteiger partial charge in [-0.1, -0.05) is 29.3 Å². The molecule has 2 aromatic rings. The molecular formula is C14H16Cl2N2O2S. The van der Waals surface area contributed by atoms with Crippen LogP contribution in [0.2, 0.25) is 10.0 Å². The number of halogens is 2. The zero-order valence-electron chi connectivity index (χ0n) is 11.8. The largest absolute Gasteiger partial charge is 0.426 e. The van der Waals surface area contributed by atoms with Gasteiger partial charge in [-0.2, -0.15) is 0 Å². The monoisotopic (exact) mass is 346 g/mol. The number of hydrogen-bond acceptors (Lipinski definition) is 4. The van der Waals surface area contributed by atoms with Crippen LogP contribution in [0.5, 0.6) is 0 Å². The van der Waals surface area contributed by atoms with E-state index in [1.54, 1.807) is 19.1 Å². The molecule has 2 atom stereocenters. The average Bonchev–Trinajstić information content (AvgIpc) is 2.86. The second-order valence-corrected chi connectivity index (χ2v) is 7.41. The van der Waals surface area contributed by atoms with Crippen molar-refractivity contribution >= 4 is 34.0 Å². The highest BCUT2D eigenvalue weighted by Gasteiger charge is 2.15. The van der Waals surface area contributed by atoms with Crippen LogP contribution in [-0.4, -0.2) is 20.2 Å². The van der Waals surface area contributed by atoms with Crippen molar-refractivity contribution < 1.29 is 8.63 Å². The van der Waals surface area contributed by atoms with Crippen LogP contribution in [0.25, 0.3) is 0 Å². The van der Waals surface area contributed by atoms with E-state index in [1.165, 1.54) is 0 Å². The molecule has 0 spiro atoms. The quantitative estimate of drug-likeness (QED) is 0.788. The highest BCUT2D eigenvalue weighted by atomic mass is 35.5. The van der Waals surface area contributed by atoms with Gasteiger partial charge >= 0.3 is 0 Å². The fourth-order valence-electron chi connectivity index (χ4n) is 1.90. The normalized spacial score (nSPS) is 14.1. The lowest BCUT2D eigenvalue weighted by Crippen LogP contribution is -2.07. The molecule has 0 fully saturated rings. The maximum atomic E-state index is 12.3. The summed E-state index contributed by atoms with van der Waals surface area (Å²) < 4.78 is 17.6. The minimum Gasteiger partial charge on any atom is -0.426 e. The number of aryl methyl sites for hydroxylation is 2. The van der Waals surface area contributed by atoms with Crippen LogP contribution in [0, 0.1) is 6.92 Å². The summed E-state index contributed by atoms with van der Waals surface area (Å²) in [5, 5.41) is 8.58. The lowest BCUT2D eigenvalue weighted by molar-refractivity contribution is 0.465. The molecule has 0 saturated heterocycles. The van der Waals surface area contributed by atoms with Gasteiger partial charge in [-0.15, -0.1) is 10.2 Å². The number of benzene rings is 1. The molecule has 7 heteroatoms. The van der Waals surface area contributed by atoms with Crippen LogP contribution in [0.1, 0.15) is 35.9 Å². The number of aromatic nitrogens is 2. The van der Waals surface area contributed by atoms with Crippen LogP contribution in [-0.2, 0) is 17.2 Å². The van der Waals surface area contributed by atoms with Gasteiger partial charge in [0.05, 0.1) is 15.3 Å². The van der Waals surface area contributed by atoms with E-state index in [0.29, 0.717) is 34.0 Å². The molecule has 1 aromatic heterocycles. The number of hydrogen-bond donors (Lipinski definition) is 0. The van der Waals surface area contributed by atoms with Crippen LogP contribution in [0.3, 0.4) is 0 Å². The molecule has 0 aliphatic rings. The Hall–Kier alpha value is -0.910. The van der Waals surface area contributed by atoms with Crippen LogP contribution in [0.4, 0.5) is 0 Å². The summed E-state index contributed by atoms with van der Waals surface area (Å²) in [5.74, 6) is 1.71. The van der Waals surface area contributed by atoms with E-state index < -0.39 is 10.8 Å². The van der Waals surface area contributed by atoms with Crippen molar-refractivity contribution in [3.63, 3.8) is 0 Å². The van der Waals surface area contributed by atoms with E-state index in [-0.39, 0.29) is 5.25 Å². The zero-order valence-corrected chi connectivity index (χ0v) is 14.1. The molecular weight excluding hydrogens is 331 g/mol. The maximum absolute atomic E-state index is 12.3. The highest BCUT2D eigenvalue weighted by molar-refractivity contribution is 7.85. The van der Waals surface area contributed by atoms with Crippen molar-refractivity contribution in [1.82, 2.24) is 10.2 Å². The molecule has 0 unspecified atom stereocenters. The summed E-state index contributed by atoms with van der Waals surface area (Å²) in [4.78, 5) is 0. The van der Waals surface area contributed by atoms with Crippen LogP contribution in [0.15, 0.2) is 22.6 Å². The SMILES string of the molecule is Cc1nnc(CCC[S@@](=O)[C@H](C)c2ccc(Cl)c(Cl)c2)o1. The molecule has 0 amide bonds. The van der Waals surface area contributed by atoms with E-state index in [4.69, 9.17) is 27.6 Å². The summed E-state index contributed by atoms with van der Waals surface area (Å²) in [6, 6.07) is 5.36. The smallest absolute Gasteiger partial charge is 0.216 e. The van der Waals surface area contributed by atoms with E-state index in [2.05, 4.69) is 10.2 Å². The molecule has 2 rings (SSSR count). The molecule has 0 bridgehead atoms. The molecule has 114 valence electrons. The summed E-state index contributed by atoms with van der Waals surface area (Å²) in [5.41, 5.74) is 0.927. The lowest BCUT2D eigenvalue weighted by atomic mass is 10.2. The first kappa shape index (κ1) is 16.5. The Morgan fingerprint density at radius 2 is 2.05 bits per heavy atom. The second kappa shape index (κ2) is 7.38. The fourth-order valence-corrected chi connectivity index (χ4v) is 3.44. The van der Waals surface area contributed by atoms with Gasteiger partial charge in [0.25, 0.3) is 0 Å². The van der Waals surface area contributed by atoms with Gasteiger partial charge in [-0.3, -0.25) is 4.21 Å². The minimum absolute atomic E-state index is 0.0933. The van der Waals surface area contributed by atoms with Crippen molar-refractivity contribution in [3.8, 4) is 0 Å². The third kappa shape index (κ3) is 4.53. The summed E-state index contributed by atoms with van der Waals surface area (Å²) >= 11 is 11.9. The van der Waals surface area contributed by atoms with Gasteiger partial charge in [0.1, 0.15) is 0 Å². The molecule has 0 aliphatic carbocycles. The predicted octanol–water partition coefficient (Wildman–Crippen LogP) is 4.13. The summed E-state index contributed by atoms with van der Waals surface area (Å²) in [7, 11) is -0.989. The number of nitrogens with zero attached hydrogens (tertiary/aromatic N) is 2. The Labute approximate surface area is 136 Å². The van der Waals surface area contributed by atoms with Crippen molar-refractivity contribution in [3.05, 3.63) is 45.6 Å². The molecule has 1 aromatic carbocycles. The Morgan fingerprint density at radius 3 is 2.67 bits per heavy atom. The van der Waals surface area contributed by atoms with Crippen LogP contribution < -0.4 is 0 Å². The Kier molecular flexibility index (Phi) is 5.79. The molecule has 0 saturated carbocycles. The summed E-state index contributed by atoms with van der Waals surface area (Å²) in [6.45, 7) is 3.67. The van der Waals surface area contributed by atoms with Gasteiger partial charge in [-0.25, -0.2) is 0 Å². The zero-order chi connectivity index (χ0) is 15.4. The van der Waals surface area contributed by atoms with Gasteiger partial charge in [0.15, 0.2) is 0 Å². The molecule has 0 N–H and O–H groups in total. The first-order valence-corrected chi connectivity index (χ1v) is 8.72. The van der Waals surface area contributed by atoms with Crippen molar-refractivity contribution in [2.45, 2.75) is 31.9 Å². The predicted molar refractivity (Wildman–Crippen MR) is 85.2 cm³/mol. The van der Waals surface area contributed by atoms with Gasteiger partial charge in [-0.05, 0) is 31.0 Å². The van der Waals surface area contributed by atoms with E-state index >= 15 is 0 Å². The van der Waals surface area contributed by atoms with Gasteiger partial charge in [0, 0.05) is 29.9 Å². The molecule has 0 radical (unpaired) electrons. The first-order valence-electron chi connectivity index (χ1n) is 6.58. The van der Waals surface area contributed by atoms with E-state index in [1.807, 2.05) is 13.0 Å². The van der Waals surface area contributed by atoms with Gasteiger partial charge < -0.3 is 4.42 Å². The van der Waals surface area contributed by atoms with Crippen molar-refractivity contribution in [2.75, 3.05) is 5.75 Å². The molecule has 0 aliphatic heterocycles. The Morgan fingerprint density at radius 1 is 1.29 bits per heavy atom. The summed E-state index contributed by atoms with van der Waals surface area (Å²) in [6.07, 6.45) is 1.38. The number of rotatable bonds is 6. The third-order valence-corrected chi connectivity index (χ3v) is 5.60. The standard InChI is InChI=1S/C14H16Cl2N2O2S/c1-9(11-5-6-12(15)13(16)8-11)21(19)7-3-4-14-18-17-10(2)20-14/h5-6,8-9H,3-4,7H2,1-2H3/t9-,21-/m1/s1. The molecule has 4 nitrogen and oxygen atoms in total. The topological polar surface area (TPSA) is 56.0 Å². The van der Waals surface area contributed by atoms with Crippen molar-refractivity contribution in [1.29, 1.82) is 0 Å². The van der Waals surface area contributed by atoms with Gasteiger partial charge in [0.2, 0.25) is 11.8 Å². The minimum atomic E-state index is -0.989. The average molecular weight is 347 g/mol. The van der Waals surface area contributed by atoms with Crippen molar-refractivity contribution in [2.24, 2.45) is 0 Å². The Bertz CT molecular complexity index is 646. The molecule has 21 heavy (non-hydrogen) atoms. The first-order chi connectivity index (χ1) is 9.97. The fraction of sp³-hybridized carbons (Fsp3) is 0.429. The highest BCUT2D eigenvalue weighted by Crippen LogP contribution is 2.28. The Balaban J connectivity index is 1.88. The molecule has 1 heterocycles. The lowest BCUT2D eigenvalue weighted by Gasteiger charge is -2.12. The van der Waals surface area contributed by atoms with Crippen LogP contribution >= 0.6 is 23.2 Å².